The van der Waals surface area contributed by atoms with Gasteiger partial charge in [0.1, 0.15) is 0 Å². The summed E-state index contributed by atoms with van der Waals surface area (Å²) in [5, 5.41) is 16.8. The van der Waals surface area contributed by atoms with Gasteiger partial charge in [-0.05, 0) is 68.0 Å². The number of hydrogen-bond donors (Lipinski definition) is 3. The van der Waals surface area contributed by atoms with Gasteiger partial charge in [0.05, 0.1) is 12.6 Å². The lowest BCUT2D eigenvalue weighted by atomic mass is 9.97. The standard InChI is InChI=1S/C24H33ClN4O.HI/c1-3-26-24(28-18(2)21-5-4-6-22(25)15-21)27-16-19-7-9-23(10-8-19)29-13-11-20(17-30)12-14-29;/h4-10,15,18,20,30H,3,11-14,16-17H2,1-2H3,(H2,26,27,28);1H. The number of halogens is 2. The first-order chi connectivity index (χ1) is 14.6. The summed E-state index contributed by atoms with van der Waals surface area (Å²) in [7, 11) is 0. The smallest absolute Gasteiger partial charge is 0.192 e. The molecule has 0 radical (unpaired) electrons. The topological polar surface area (TPSA) is 59.9 Å². The predicted octanol–water partition coefficient (Wildman–Crippen LogP) is 4.98. The summed E-state index contributed by atoms with van der Waals surface area (Å²) < 4.78 is 0. The van der Waals surface area contributed by atoms with Gasteiger partial charge in [-0.1, -0.05) is 35.9 Å². The Kier molecular flexibility index (Phi) is 10.9. The molecule has 2 aromatic rings. The van der Waals surface area contributed by atoms with Crippen molar-refractivity contribution in [2.45, 2.75) is 39.3 Å². The van der Waals surface area contributed by atoms with Crippen LogP contribution in [0.15, 0.2) is 53.5 Å². The van der Waals surface area contributed by atoms with E-state index in [0.29, 0.717) is 19.1 Å². The molecule has 1 heterocycles. The molecule has 3 rings (SSSR count). The molecule has 0 aromatic heterocycles. The first-order valence-electron chi connectivity index (χ1n) is 10.8. The molecule has 1 aliphatic rings. The Labute approximate surface area is 208 Å². The summed E-state index contributed by atoms with van der Waals surface area (Å²) in [5.74, 6) is 1.25. The maximum absolute atomic E-state index is 9.31. The molecular weight excluding hydrogens is 523 g/mol. The molecule has 5 nitrogen and oxygen atoms in total. The van der Waals surface area contributed by atoms with E-state index >= 15 is 0 Å². The summed E-state index contributed by atoms with van der Waals surface area (Å²) >= 11 is 6.12. The molecule has 0 amide bonds. The Bertz CT molecular complexity index is 823. The van der Waals surface area contributed by atoms with Crippen molar-refractivity contribution in [3.63, 3.8) is 0 Å². The highest BCUT2D eigenvalue weighted by atomic mass is 127. The van der Waals surface area contributed by atoms with Crippen LogP contribution in [0.5, 0.6) is 0 Å². The molecular formula is C24H34ClIN4O. The van der Waals surface area contributed by atoms with Crippen molar-refractivity contribution in [2.75, 3.05) is 31.1 Å². The molecule has 0 spiro atoms. The first kappa shape index (κ1) is 25.7. The SMILES string of the molecule is CCNC(=NCc1ccc(N2CCC(CO)CC2)cc1)NC(C)c1cccc(Cl)c1.I. The summed E-state index contributed by atoms with van der Waals surface area (Å²) in [6, 6.07) is 16.7. The van der Waals surface area contributed by atoms with Crippen LogP contribution in [0.1, 0.15) is 43.9 Å². The molecule has 1 saturated heterocycles. The lowest BCUT2D eigenvalue weighted by Gasteiger charge is -2.32. The van der Waals surface area contributed by atoms with Gasteiger partial charge >= 0.3 is 0 Å². The second-order valence-electron chi connectivity index (χ2n) is 7.90. The summed E-state index contributed by atoms with van der Waals surface area (Å²) in [5.41, 5.74) is 3.55. The third kappa shape index (κ3) is 7.84. The zero-order chi connectivity index (χ0) is 21.3. The number of piperidine rings is 1. The monoisotopic (exact) mass is 556 g/mol. The largest absolute Gasteiger partial charge is 0.396 e. The molecule has 0 saturated carbocycles. The van der Waals surface area contributed by atoms with Gasteiger partial charge < -0.3 is 20.6 Å². The molecule has 1 unspecified atom stereocenters. The van der Waals surface area contributed by atoms with Gasteiger partial charge in [0.2, 0.25) is 0 Å². The molecule has 170 valence electrons. The maximum atomic E-state index is 9.31. The van der Waals surface area contributed by atoms with Crippen LogP contribution in [0.3, 0.4) is 0 Å². The van der Waals surface area contributed by atoms with E-state index < -0.39 is 0 Å². The zero-order valence-electron chi connectivity index (χ0n) is 18.4. The summed E-state index contributed by atoms with van der Waals surface area (Å²) in [6.45, 7) is 7.92. The number of hydrogen-bond acceptors (Lipinski definition) is 3. The second kappa shape index (κ2) is 13.1. The highest BCUT2D eigenvalue weighted by Gasteiger charge is 2.18. The van der Waals surface area contributed by atoms with Gasteiger partial charge in [-0.15, -0.1) is 24.0 Å². The predicted molar refractivity (Wildman–Crippen MR) is 142 cm³/mol. The molecule has 1 fully saturated rings. The number of rotatable bonds is 7. The van der Waals surface area contributed by atoms with Crippen molar-refractivity contribution in [2.24, 2.45) is 10.9 Å². The zero-order valence-corrected chi connectivity index (χ0v) is 21.4. The van der Waals surface area contributed by atoms with Crippen LogP contribution < -0.4 is 15.5 Å². The molecule has 1 atom stereocenters. The number of benzene rings is 2. The van der Waals surface area contributed by atoms with Crippen molar-refractivity contribution in [3.05, 3.63) is 64.7 Å². The number of nitrogens with one attached hydrogen (secondary N) is 2. The van der Waals surface area contributed by atoms with Gasteiger partial charge in [-0.2, -0.15) is 0 Å². The first-order valence-corrected chi connectivity index (χ1v) is 11.2. The van der Waals surface area contributed by atoms with Crippen molar-refractivity contribution >= 4 is 47.2 Å². The fourth-order valence-corrected chi connectivity index (χ4v) is 3.94. The van der Waals surface area contributed by atoms with Crippen LogP contribution in [-0.4, -0.2) is 37.3 Å². The van der Waals surface area contributed by atoms with Gasteiger partial charge in [-0.25, -0.2) is 4.99 Å². The number of anilines is 1. The Balaban J connectivity index is 0.00000341. The van der Waals surface area contributed by atoms with E-state index in [1.54, 1.807) is 0 Å². The van der Waals surface area contributed by atoms with E-state index in [-0.39, 0.29) is 30.0 Å². The Hall–Kier alpha value is -1.51. The molecule has 0 bridgehead atoms. The third-order valence-electron chi connectivity index (χ3n) is 5.64. The highest BCUT2D eigenvalue weighted by molar-refractivity contribution is 14.0. The molecule has 7 heteroatoms. The van der Waals surface area contributed by atoms with E-state index in [9.17, 15) is 5.11 Å². The number of aliphatic hydroxyl groups excluding tert-OH is 1. The Morgan fingerprint density at radius 3 is 2.52 bits per heavy atom. The van der Waals surface area contributed by atoms with Gasteiger partial charge in [0, 0.05) is 37.0 Å². The van der Waals surface area contributed by atoms with Crippen molar-refractivity contribution in [3.8, 4) is 0 Å². The summed E-state index contributed by atoms with van der Waals surface area (Å²) in [4.78, 5) is 7.16. The Morgan fingerprint density at radius 2 is 1.90 bits per heavy atom. The van der Waals surface area contributed by atoms with E-state index in [0.717, 1.165) is 49.0 Å². The normalized spacial score (nSPS) is 15.9. The highest BCUT2D eigenvalue weighted by Crippen LogP contribution is 2.23. The lowest BCUT2D eigenvalue weighted by Crippen LogP contribution is -2.38. The van der Waals surface area contributed by atoms with Crippen LogP contribution in [0, 0.1) is 5.92 Å². The molecule has 1 aliphatic heterocycles. The van der Waals surface area contributed by atoms with Gasteiger partial charge in [0.25, 0.3) is 0 Å². The van der Waals surface area contributed by atoms with Crippen LogP contribution in [0.2, 0.25) is 5.02 Å². The van der Waals surface area contributed by atoms with Crippen LogP contribution in [0.4, 0.5) is 5.69 Å². The van der Waals surface area contributed by atoms with Crippen LogP contribution in [0.25, 0.3) is 0 Å². The van der Waals surface area contributed by atoms with E-state index in [1.807, 2.05) is 18.2 Å². The van der Waals surface area contributed by atoms with Crippen LogP contribution in [-0.2, 0) is 6.54 Å². The van der Waals surface area contributed by atoms with Crippen molar-refractivity contribution in [1.29, 1.82) is 0 Å². The minimum absolute atomic E-state index is 0. The van der Waals surface area contributed by atoms with E-state index in [4.69, 9.17) is 16.6 Å². The number of nitrogens with zero attached hydrogens (tertiary/aromatic N) is 2. The van der Waals surface area contributed by atoms with Crippen molar-refractivity contribution < 1.29 is 5.11 Å². The van der Waals surface area contributed by atoms with Crippen molar-refractivity contribution in [1.82, 2.24) is 10.6 Å². The fourth-order valence-electron chi connectivity index (χ4n) is 3.74. The summed E-state index contributed by atoms with van der Waals surface area (Å²) in [6.07, 6.45) is 2.12. The lowest BCUT2D eigenvalue weighted by molar-refractivity contribution is 0.203. The molecule has 0 aliphatic carbocycles. The van der Waals surface area contributed by atoms with E-state index in [1.165, 1.54) is 11.3 Å². The van der Waals surface area contributed by atoms with Crippen LogP contribution >= 0.6 is 35.6 Å². The minimum Gasteiger partial charge on any atom is -0.396 e. The Morgan fingerprint density at radius 1 is 1.19 bits per heavy atom. The van der Waals surface area contributed by atoms with E-state index in [2.05, 4.69) is 59.7 Å². The number of aliphatic hydroxyl groups is 1. The third-order valence-corrected chi connectivity index (χ3v) is 5.88. The van der Waals surface area contributed by atoms with Gasteiger partial charge in [0.15, 0.2) is 5.96 Å². The molecule has 31 heavy (non-hydrogen) atoms. The second-order valence-corrected chi connectivity index (χ2v) is 8.33. The quantitative estimate of drug-likeness (QED) is 0.256. The fraction of sp³-hybridized carbons (Fsp3) is 0.458. The molecule has 2 aromatic carbocycles. The average Bonchev–Trinajstić information content (AvgIpc) is 2.78. The average molecular weight is 557 g/mol. The number of guanidine groups is 1. The van der Waals surface area contributed by atoms with Gasteiger partial charge in [-0.3, -0.25) is 0 Å². The maximum Gasteiger partial charge on any atom is 0.192 e. The number of aliphatic imine (C=N–C) groups is 1. The minimum atomic E-state index is 0. The molecule has 3 N–H and O–H groups in total.